The number of primary amides is 1. The molecule has 1 aliphatic rings. The first-order valence-corrected chi connectivity index (χ1v) is 6.28. The van der Waals surface area contributed by atoms with Crippen LogP contribution in [0.15, 0.2) is 23.8 Å². The van der Waals surface area contributed by atoms with Gasteiger partial charge in [0.15, 0.2) is 11.5 Å². The van der Waals surface area contributed by atoms with Gasteiger partial charge in [0.2, 0.25) is 6.79 Å². The number of fused-ring (bicyclic) bond motifs is 2. The zero-order valence-corrected chi connectivity index (χ0v) is 11.3. The highest BCUT2D eigenvalue weighted by atomic mass is 35.5. The van der Waals surface area contributed by atoms with Crippen molar-refractivity contribution in [2.24, 2.45) is 5.73 Å². The standard InChI is InChI=1S/C14H8ClN3O3/c15-13-8(2-9(5-16)14(17)19)1-7-3-11-12(21-6-20-11)4-10(7)18-13/h1-4H,6H2,(H2,17,19). The molecule has 0 atom stereocenters. The average Bonchev–Trinajstić information content (AvgIpc) is 2.89. The van der Waals surface area contributed by atoms with Gasteiger partial charge in [-0.15, -0.1) is 0 Å². The second-order valence-corrected chi connectivity index (χ2v) is 4.66. The highest BCUT2D eigenvalue weighted by Crippen LogP contribution is 2.36. The number of pyridine rings is 1. The van der Waals surface area contributed by atoms with E-state index in [4.69, 9.17) is 32.1 Å². The van der Waals surface area contributed by atoms with Crippen LogP contribution in [0.4, 0.5) is 0 Å². The summed E-state index contributed by atoms with van der Waals surface area (Å²) in [5.74, 6) is 0.389. The van der Waals surface area contributed by atoms with Crippen LogP contribution in [0.1, 0.15) is 5.56 Å². The lowest BCUT2D eigenvalue weighted by Crippen LogP contribution is -2.12. The minimum atomic E-state index is -0.820. The molecule has 2 N–H and O–H groups in total. The molecule has 2 aromatic rings. The van der Waals surface area contributed by atoms with Crippen molar-refractivity contribution in [1.29, 1.82) is 5.26 Å². The Labute approximate surface area is 124 Å². The van der Waals surface area contributed by atoms with E-state index in [2.05, 4.69) is 4.98 Å². The van der Waals surface area contributed by atoms with Crippen LogP contribution in [0.3, 0.4) is 0 Å². The molecule has 1 amide bonds. The van der Waals surface area contributed by atoms with Gasteiger partial charge in [0.25, 0.3) is 5.91 Å². The van der Waals surface area contributed by atoms with Crippen molar-refractivity contribution in [3.63, 3.8) is 0 Å². The predicted molar refractivity (Wildman–Crippen MR) is 75.7 cm³/mol. The predicted octanol–water partition coefficient (Wildman–Crippen LogP) is 2.01. The highest BCUT2D eigenvalue weighted by Gasteiger charge is 2.16. The van der Waals surface area contributed by atoms with Crippen molar-refractivity contribution in [2.45, 2.75) is 0 Å². The van der Waals surface area contributed by atoms with Gasteiger partial charge in [-0.05, 0) is 18.2 Å². The number of carbonyl (C=O) groups is 1. The molecule has 0 aliphatic carbocycles. The Morgan fingerprint density at radius 2 is 2.10 bits per heavy atom. The number of halogens is 1. The number of nitrogens with two attached hydrogens (primary N) is 1. The first-order valence-electron chi connectivity index (χ1n) is 5.90. The Bertz CT molecular complexity index is 839. The maximum atomic E-state index is 11.1. The lowest BCUT2D eigenvalue weighted by molar-refractivity contribution is -0.114. The zero-order valence-electron chi connectivity index (χ0n) is 10.6. The van der Waals surface area contributed by atoms with Crippen molar-refractivity contribution in [2.75, 3.05) is 6.79 Å². The minimum absolute atomic E-state index is 0.159. The monoisotopic (exact) mass is 301 g/mol. The van der Waals surface area contributed by atoms with E-state index in [-0.39, 0.29) is 17.5 Å². The van der Waals surface area contributed by atoms with Crippen LogP contribution in [0, 0.1) is 11.3 Å². The molecule has 0 bridgehead atoms. The molecule has 1 aromatic carbocycles. The fourth-order valence-electron chi connectivity index (χ4n) is 1.97. The summed E-state index contributed by atoms with van der Waals surface area (Å²) in [6.45, 7) is 0.159. The van der Waals surface area contributed by atoms with Gasteiger partial charge in [0, 0.05) is 17.0 Å². The maximum Gasteiger partial charge on any atom is 0.259 e. The molecule has 0 saturated heterocycles. The van der Waals surface area contributed by atoms with Gasteiger partial charge in [0.1, 0.15) is 16.8 Å². The fourth-order valence-corrected chi connectivity index (χ4v) is 2.17. The van der Waals surface area contributed by atoms with Crippen molar-refractivity contribution in [1.82, 2.24) is 4.98 Å². The number of aromatic nitrogens is 1. The van der Waals surface area contributed by atoms with Gasteiger partial charge in [-0.25, -0.2) is 4.98 Å². The van der Waals surface area contributed by atoms with Crippen LogP contribution < -0.4 is 15.2 Å². The topological polar surface area (TPSA) is 98.2 Å². The van der Waals surface area contributed by atoms with Gasteiger partial charge in [0.05, 0.1) is 5.52 Å². The first kappa shape index (κ1) is 13.2. The molecule has 1 aromatic heterocycles. The van der Waals surface area contributed by atoms with Gasteiger partial charge in [-0.3, -0.25) is 4.79 Å². The van der Waals surface area contributed by atoms with E-state index in [1.807, 2.05) is 0 Å². The lowest BCUT2D eigenvalue weighted by atomic mass is 10.1. The van der Waals surface area contributed by atoms with E-state index in [9.17, 15) is 4.79 Å². The molecular weight excluding hydrogens is 294 g/mol. The summed E-state index contributed by atoms with van der Waals surface area (Å²) in [6, 6.07) is 6.90. The molecule has 0 saturated carbocycles. The van der Waals surface area contributed by atoms with Crippen LogP contribution in [-0.4, -0.2) is 17.7 Å². The van der Waals surface area contributed by atoms with Crippen molar-refractivity contribution in [3.8, 4) is 17.6 Å². The summed E-state index contributed by atoms with van der Waals surface area (Å²) in [4.78, 5) is 15.3. The zero-order chi connectivity index (χ0) is 15.0. The number of hydrogen-bond acceptors (Lipinski definition) is 5. The normalized spacial score (nSPS) is 13.2. The summed E-state index contributed by atoms with van der Waals surface area (Å²) in [7, 11) is 0. The smallest absolute Gasteiger partial charge is 0.259 e. The third kappa shape index (κ3) is 2.35. The molecule has 0 spiro atoms. The van der Waals surface area contributed by atoms with Gasteiger partial charge < -0.3 is 15.2 Å². The molecule has 1 aliphatic heterocycles. The van der Waals surface area contributed by atoms with Crippen LogP contribution >= 0.6 is 11.6 Å². The summed E-state index contributed by atoms with van der Waals surface area (Å²) >= 11 is 6.07. The van der Waals surface area contributed by atoms with E-state index in [1.165, 1.54) is 6.08 Å². The molecule has 0 fully saturated rings. The second kappa shape index (κ2) is 4.96. The van der Waals surface area contributed by atoms with Gasteiger partial charge in [-0.2, -0.15) is 5.26 Å². The van der Waals surface area contributed by atoms with Crippen molar-refractivity contribution >= 4 is 34.5 Å². The third-order valence-corrected chi connectivity index (χ3v) is 3.28. The Balaban J connectivity index is 2.17. The summed E-state index contributed by atoms with van der Waals surface area (Å²) < 4.78 is 10.6. The number of nitriles is 1. The molecule has 104 valence electrons. The Hall–Kier alpha value is -2.78. The van der Waals surface area contributed by atoms with Crippen molar-refractivity contribution in [3.05, 3.63) is 34.5 Å². The minimum Gasteiger partial charge on any atom is -0.454 e. The molecule has 21 heavy (non-hydrogen) atoms. The number of hydrogen-bond donors (Lipinski definition) is 1. The van der Waals surface area contributed by atoms with Gasteiger partial charge in [-0.1, -0.05) is 11.6 Å². The molecule has 2 heterocycles. The van der Waals surface area contributed by atoms with Crippen molar-refractivity contribution < 1.29 is 14.3 Å². The number of carbonyl (C=O) groups excluding carboxylic acids is 1. The average molecular weight is 302 g/mol. The summed E-state index contributed by atoms with van der Waals surface area (Å²) in [5, 5.41) is 9.78. The fraction of sp³-hybridized carbons (Fsp3) is 0.0714. The van der Waals surface area contributed by atoms with Gasteiger partial charge >= 0.3 is 0 Å². The maximum absolute atomic E-state index is 11.1. The van der Waals surface area contributed by atoms with E-state index < -0.39 is 5.91 Å². The lowest BCUT2D eigenvalue weighted by Gasteiger charge is -2.04. The largest absolute Gasteiger partial charge is 0.454 e. The Morgan fingerprint density at radius 3 is 2.76 bits per heavy atom. The summed E-state index contributed by atoms with van der Waals surface area (Å²) in [6.07, 6.45) is 1.31. The molecule has 0 unspecified atom stereocenters. The number of rotatable bonds is 2. The van der Waals surface area contributed by atoms with E-state index in [1.54, 1.807) is 24.3 Å². The first-order chi connectivity index (χ1) is 10.1. The third-order valence-electron chi connectivity index (χ3n) is 2.98. The quantitative estimate of drug-likeness (QED) is 0.520. The van der Waals surface area contributed by atoms with E-state index in [0.717, 1.165) is 5.39 Å². The number of amides is 1. The second-order valence-electron chi connectivity index (χ2n) is 4.30. The number of benzene rings is 1. The van der Waals surface area contributed by atoms with Crippen LogP contribution in [0.5, 0.6) is 11.5 Å². The number of nitrogens with zero attached hydrogens (tertiary/aromatic N) is 2. The Morgan fingerprint density at radius 1 is 1.38 bits per heavy atom. The van der Waals surface area contributed by atoms with E-state index in [0.29, 0.717) is 22.6 Å². The molecule has 0 radical (unpaired) electrons. The van der Waals surface area contributed by atoms with Crippen LogP contribution in [-0.2, 0) is 4.79 Å². The molecule has 3 rings (SSSR count). The SMILES string of the molecule is N#CC(=Cc1cc2cc3c(cc2nc1Cl)OCO3)C(N)=O. The van der Waals surface area contributed by atoms with Crippen LogP contribution in [0.25, 0.3) is 17.0 Å². The molecule has 6 nitrogen and oxygen atoms in total. The Kier molecular flexibility index (Phi) is 3.12. The number of ether oxygens (including phenoxy) is 2. The van der Waals surface area contributed by atoms with E-state index >= 15 is 0 Å². The highest BCUT2D eigenvalue weighted by molar-refractivity contribution is 6.31. The molecular formula is C14H8ClN3O3. The molecule has 7 heteroatoms. The van der Waals surface area contributed by atoms with Crippen LogP contribution in [0.2, 0.25) is 5.15 Å². The summed E-state index contributed by atoms with van der Waals surface area (Å²) in [5.41, 5.74) is 5.96.